The van der Waals surface area contributed by atoms with E-state index in [4.69, 9.17) is 5.11 Å². The highest BCUT2D eigenvalue weighted by Gasteiger charge is 2.34. The standard InChI is InChI=1S/C23H23FN6O4/c24-19-14-29(11-9-18(19)23(31)32)17-5-3-16(4-6-17)27-22-20(30(33)34)7-8-21(28-22)26-13-15-2-1-10-25-12-15/h1-8,10,12,18-19H,9,11,13-14H2,(H,31,32)(H2,26,27,28). The maximum Gasteiger partial charge on any atom is 0.311 e. The molecule has 2 atom stereocenters. The molecule has 11 heteroatoms. The van der Waals surface area contributed by atoms with Gasteiger partial charge in [-0.25, -0.2) is 9.37 Å². The van der Waals surface area contributed by atoms with Crippen molar-refractivity contribution in [2.24, 2.45) is 5.92 Å². The van der Waals surface area contributed by atoms with Crippen molar-refractivity contribution >= 4 is 34.7 Å². The Morgan fingerprint density at radius 3 is 2.68 bits per heavy atom. The molecule has 2 aromatic heterocycles. The summed E-state index contributed by atoms with van der Waals surface area (Å²) < 4.78 is 14.2. The summed E-state index contributed by atoms with van der Waals surface area (Å²) in [6, 6.07) is 13.6. The molecule has 3 aromatic rings. The van der Waals surface area contributed by atoms with Gasteiger partial charge in [0.1, 0.15) is 12.0 Å². The van der Waals surface area contributed by atoms with Crippen LogP contribution in [0.2, 0.25) is 0 Å². The zero-order valence-electron chi connectivity index (χ0n) is 18.1. The van der Waals surface area contributed by atoms with E-state index >= 15 is 0 Å². The number of hydrogen-bond donors (Lipinski definition) is 3. The zero-order valence-corrected chi connectivity index (χ0v) is 18.1. The molecule has 2 unspecified atom stereocenters. The second-order valence-corrected chi connectivity index (χ2v) is 7.90. The van der Waals surface area contributed by atoms with Crippen LogP contribution in [0.3, 0.4) is 0 Å². The number of nitro groups is 1. The molecule has 10 nitrogen and oxygen atoms in total. The number of alkyl halides is 1. The number of carboxylic acid groups (broad SMARTS) is 1. The van der Waals surface area contributed by atoms with Gasteiger partial charge in [-0.1, -0.05) is 6.07 Å². The van der Waals surface area contributed by atoms with Crippen LogP contribution in [0.15, 0.2) is 60.9 Å². The Bertz CT molecular complexity index is 1160. The van der Waals surface area contributed by atoms with Crippen LogP contribution in [-0.2, 0) is 11.3 Å². The van der Waals surface area contributed by atoms with Gasteiger partial charge in [0.05, 0.1) is 17.4 Å². The Labute approximate surface area is 194 Å². The van der Waals surface area contributed by atoms with E-state index < -0.39 is 23.0 Å². The first-order valence-corrected chi connectivity index (χ1v) is 10.7. The normalized spacial score (nSPS) is 17.7. The molecule has 0 bridgehead atoms. The smallest absolute Gasteiger partial charge is 0.311 e. The van der Waals surface area contributed by atoms with Crippen molar-refractivity contribution in [3.8, 4) is 0 Å². The third-order valence-corrected chi connectivity index (χ3v) is 5.62. The molecule has 1 aliphatic rings. The number of benzene rings is 1. The molecule has 176 valence electrons. The Hall–Kier alpha value is -4.28. The van der Waals surface area contributed by atoms with Crippen LogP contribution in [0.5, 0.6) is 0 Å². The van der Waals surface area contributed by atoms with Crippen molar-refractivity contribution in [1.82, 2.24) is 9.97 Å². The van der Waals surface area contributed by atoms with Gasteiger partial charge in [0.2, 0.25) is 5.82 Å². The Balaban J connectivity index is 1.46. The lowest BCUT2D eigenvalue weighted by atomic mass is 9.95. The Kier molecular flexibility index (Phi) is 6.81. The molecule has 4 rings (SSSR count). The first-order valence-electron chi connectivity index (χ1n) is 10.7. The van der Waals surface area contributed by atoms with Gasteiger partial charge >= 0.3 is 11.7 Å². The van der Waals surface area contributed by atoms with Gasteiger partial charge in [0.15, 0.2) is 0 Å². The molecule has 1 aromatic carbocycles. The number of nitrogens with zero attached hydrogens (tertiary/aromatic N) is 4. The van der Waals surface area contributed by atoms with E-state index in [9.17, 15) is 19.3 Å². The van der Waals surface area contributed by atoms with Gasteiger partial charge in [-0.15, -0.1) is 0 Å². The molecule has 1 fully saturated rings. The second kappa shape index (κ2) is 10.1. The second-order valence-electron chi connectivity index (χ2n) is 7.90. The van der Waals surface area contributed by atoms with Crippen molar-refractivity contribution in [2.45, 2.75) is 19.1 Å². The van der Waals surface area contributed by atoms with Crippen LogP contribution in [0.1, 0.15) is 12.0 Å². The fraction of sp³-hybridized carbons (Fsp3) is 0.261. The maximum atomic E-state index is 14.2. The highest BCUT2D eigenvalue weighted by Crippen LogP contribution is 2.30. The Morgan fingerprint density at radius 2 is 2.03 bits per heavy atom. The molecule has 0 amide bonds. The summed E-state index contributed by atoms with van der Waals surface area (Å²) in [5, 5.41) is 26.7. The highest BCUT2D eigenvalue weighted by molar-refractivity contribution is 5.72. The number of nitrogens with one attached hydrogen (secondary N) is 2. The monoisotopic (exact) mass is 466 g/mol. The van der Waals surface area contributed by atoms with Crippen LogP contribution in [0.4, 0.5) is 33.1 Å². The van der Waals surface area contributed by atoms with E-state index in [0.29, 0.717) is 24.6 Å². The van der Waals surface area contributed by atoms with Crippen LogP contribution < -0.4 is 15.5 Å². The summed E-state index contributed by atoms with van der Waals surface area (Å²) in [6.45, 7) is 0.893. The molecule has 34 heavy (non-hydrogen) atoms. The third-order valence-electron chi connectivity index (χ3n) is 5.62. The number of pyridine rings is 2. The number of carboxylic acids is 1. The van der Waals surface area contributed by atoms with Crippen molar-refractivity contribution in [3.05, 3.63) is 76.6 Å². The lowest BCUT2D eigenvalue weighted by Crippen LogP contribution is -2.44. The van der Waals surface area contributed by atoms with E-state index in [1.807, 2.05) is 12.1 Å². The van der Waals surface area contributed by atoms with Crippen LogP contribution >= 0.6 is 0 Å². The number of aromatic nitrogens is 2. The van der Waals surface area contributed by atoms with Crippen LogP contribution in [0, 0.1) is 16.0 Å². The minimum Gasteiger partial charge on any atom is -0.481 e. The number of piperidine rings is 1. The van der Waals surface area contributed by atoms with Crippen molar-refractivity contribution < 1.29 is 19.2 Å². The van der Waals surface area contributed by atoms with Gasteiger partial charge in [0, 0.05) is 42.9 Å². The molecule has 3 N–H and O–H groups in total. The minimum absolute atomic E-state index is 0.00141. The average Bonchev–Trinajstić information content (AvgIpc) is 2.83. The average molecular weight is 466 g/mol. The fourth-order valence-corrected chi connectivity index (χ4v) is 3.79. The van der Waals surface area contributed by atoms with E-state index in [1.54, 1.807) is 41.6 Å². The maximum absolute atomic E-state index is 14.2. The molecular formula is C23H23FN6O4. The molecule has 0 aliphatic carbocycles. The number of hydrogen-bond acceptors (Lipinski definition) is 8. The molecule has 1 saturated heterocycles. The van der Waals surface area contributed by atoms with Crippen LogP contribution in [-0.4, -0.2) is 45.2 Å². The largest absolute Gasteiger partial charge is 0.481 e. The first kappa shape index (κ1) is 22.9. The van der Waals surface area contributed by atoms with Crippen LogP contribution in [0.25, 0.3) is 0 Å². The number of carbonyl (C=O) groups is 1. The third kappa shape index (κ3) is 5.37. The highest BCUT2D eigenvalue weighted by atomic mass is 19.1. The van der Waals surface area contributed by atoms with Gasteiger partial charge in [-0.05, 0) is 48.4 Å². The molecular weight excluding hydrogens is 443 g/mol. The summed E-state index contributed by atoms with van der Waals surface area (Å²) in [5.74, 6) is -1.55. The summed E-state index contributed by atoms with van der Waals surface area (Å²) >= 11 is 0. The van der Waals surface area contributed by atoms with Crippen molar-refractivity contribution in [2.75, 3.05) is 28.6 Å². The summed E-state index contributed by atoms with van der Waals surface area (Å²) in [6.07, 6.45) is 2.17. The summed E-state index contributed by atoms with van der Waals surface area (Å²) in [5.41, 5.74) is 2.08. The predicted molar refractivity (Wildman–Crippen MR) is 125 cm³/mol. The quantitative estimate of drug-likeness (QED) is 0.333. The topological polar surface area (TPSA) is 134 Å². The van der Waals surface area contributed by atoms with Gasteiger partial charge in [0.25, 0.3) is 0 Å². The minimum atomic E-state index is -1.45. The van der Waals surface area contributed by atoms with E-state index in [2.05, 4.69) is 20.6 Å². The van der Waals surface area contributed by atoms with Gasteiger partial charge in [-0.3, -0.25) is 19.9 Å². The first-order chi connectivity index (χ1) is 16.4. The SMILES string of the molecule is O=C(O)C1CCN(c2ccc(Nc3nc(NCc4cccnc4)ccc3[N+](=O)[O-])cc2)CC1F. The van der Waals surface area contributed by atoms with Crippen molar-refractivity contribution in [1.29, 1.82) is 0 Å². The Morgan fingerprint density at radius 1 is 1.24 bits per heavy atom. The summed E-state index contributed by atoms with van der Waals surface area (Å²) in [7, 11) is 0. The number of anilines is 4. The number of halogens is 1. The fourth-order valence-electron chi connectivity index (χ4n) is 3.79. The molecule has 3 heterocycles. The summed E-state index contributed by atoms with van der Waals surface area (Å²) in [4.78, 5) is 32.3. The lowest BCUT2D eigenvalue weighted by Gasteiger charge is -2.34. The van der Waals surface area contributed by atoms with E-state index in [1.165, 1.54) is 12.1 Å². The molecule has 0 spiro atoms. The molecule has 0 saturated carbocycles. The van der Waals surface area contributed by atoms with Gasteiger partial charge in [-0.2, -0.15) is 0 Å². The number of aliphatic carboxylic acids is 1. The van der Waals surface area contributed by atoms with E-state index in [-0.39, 0.29) is 24.5 Å². The van der Waals surface area contributed by atoms with E-state index in [0.717, 1.165) is 11.3 Å². The van der Waals surface area contributed by atoms with Gasteiger partial charge < -0.3 is 20.6 Å². The molecule has 0 radical (unpaired) electrons. The van der Waals surface area contributed by atoms with Crippen molar-refractivity contribution in [3.63, 3.8) is 0 Å². The lowest BCUT2D eigenvalue weighted by molar-refractivity contribution is -0.384. The number of rotatable bonds is 8. The molecule has 1 aliphatic heterocycles. The zero-order chi connectivity index (χ0) is 24.1. The predicted octanol–water partition coefficient (Wildman–Crippen LogP) is 3.99.